The van der Waals surface area contributed by atoms with E-state index in [9.17, 15) is 0 Å². The van der Waals surface area contributed by atoms with Crippen molar-refractivity contribution in [3.63, 3.8) is 0 Å². The molecule has 4 nitrogen and oxygen atoms in total. The van der Waals surface area contributed by atoms with Crippen molar-refractivity contribution in [2.24, 2.45) is 0 Å². The molecule has 0 aliphatic carbocycles. The second-order valence-electron chi connectivity index (χ2n) is 16.2. The average molecular weight is 843 g/mol. The van der Waals surface area contributed by atoms with Gasteiger partial charge in [-0.25, -0.2) is 19.9 Å². The van der Waals surface area contributed by atoms with Crippen LogP contribution in [0.1, 0.15) is 0 Å². The third-order valence-electron chi connectivity index (χ3n) is 12.0. The molecule has 0 saturated carbocycles. The molecule has 11 aromatic rings. The van der Waals surface area contributed by atoms with Gasteiger partial charge in [0.2, 0.25) is 0 Å². The van der Waals surface area contributed by atoms with Gasteiger partial charge in [0, 0.05) is 33.4 Å². The average Bonchev–Trinajstić information content (AvgIpc) is 3.42. The number of hydrogen-bond donors (Lipinski definition) is 0. The molecule has 0 amide bonds. The fourth-order valence-corrected chi connectivity index (χ4v) is 8.57. The predicted molar refractivity (Wildman–Crippen MR) is 272 cm³/mol. The second-order valence-corrected chi connectivity index (χ2v) is 16.2. The molecule has 0 unspecified atom stereocenters. The third-order valence-corrected chi connectivity index (χ3v) is 12.0. The highest BCUT2D eigenvalue weighted by Gasteiger charge is 2.16. The number of benzene rings is 9. The predicted octanol–water partition coefficient (Wildman–Crippen LogP) is 15.9. The lowest BCUT2D eigenvalue weighted by Crippen LogP contribution is -1.96. The van der Waals surface area contributed by atoms with Crippen LogP contribution in [0.2, 0.25) is 0 Å². The molecule has 0 fully saturated rings. The maximum atomic E-state index is 5.06. The van der Waals surface area contributed by atoms with Gasteiger partial charge in [-0.05, 0) is 56.6 Å². The summed E-state index contributed by atoms with van der Waals surface area (Å²) in [4.78, 5) is 20.0. The largest absolute Gasteiger partial charge is 0.228 e. The van der Waals surface area contributed by atoms with Crippen LogP contribution >= 0.6 is 0 Å². The highest BCUT2D eigenvalue weighted by Crippen LogP contribution is 2.40. The molecule has 2 aromatic heterocycles. The molecule has 0 saturated heterocycles. The van der Waals surface area contributed by atoms with Crippen LogP contribution in [0, 0.1) is 0 Å². The van der Waals surface area contributed by atoms with E-state index < -0.39 is 0 Å². The third kappa shape index (κ3) is 8.35. The molecular weight excluding hydrogens is 801 g/mol. The topological polar surface area (TPSA) is 51.6 Å². The van der Waals surface area contributed by atoms with Crippen molar-refractivity contribution in [2.45, 2.75) is 0 Å². The molecule has 0 aliphatic rings. The normalized spacial score (nSPS) is 11.0. The van der Waals surface area contributed by atoms with Crippen molar-refractivity contribution in [2.75, 3.05) is 0 Å². The van der Waals surface area contributed by atoms with E-state index in [0.717, 1.165) is 78.4 Å². The number of hydrogen-bond acceptors (Lipinski definition) is 4. The summed E-state index contributed by atoms with van der Waals surface area (Å²) in [6, 6.07) is 88.9. The monoisotopic (exact) mass is 842 g/mol. The summed E-state index contributed by atoms with van der Waals surface area (Å²) in [6.07, 6.45) is 0. The van der Waals surface area contributed by atoms with Crippen molar-refractivity contribution in [1.29, 1.82) is 0 Å². The van der Waals surface area contributed by atoms with Crippen molar-refractivity contribution in [3.8, 4) is 112 Å². The summed E-state index contributed by atoms with van der Waals surface area (Å²) in [7, 11) is 0. The Morgan fingerprint density at radius 2 is 0.394 bits per heavy atom. The van der Waals surface area contributed by atoms with Crippen molar-refractivity contribution < 1.29 is 0 Å². The lowest BCUT2D eigenvalue weighted by molar-refractivity contribution is 1.18. The summed E-state index contributed by atoms with van der Waals surface area (Å²) in [5.74, 6) is 1.42. The molecule has 310 valence electrons. The first-order chi connectivity index (χ1) is 32.7. The lowest BCUT2D eigenvalue weighted by atomic mass is 9.88. The molecule has 2 heterocycles. The Labute approximate surface area is 385 Å². The zero-order chi connectivity index (χ0) is 44.1. The van der Waals surface area contributed by atoms with Crippen LogP contribution in [0.5, 0.6) is 0 Å². The van der Waals surface area contributed by atoms with Gasteiger partial charge in [-0.3, -0.25) is 0 Å². The van der Waals surface area contributed by atoms with Crippen LogP contribution in [-0.2, 0) is 0 Å². The van der Waals surface area contributed by atoms with Crippen LogP contribution in [0.25, 0.3) is 112 Å². The van der Waals surface area contributed by atoms with Crippen molar-refractivity contribution in [3.05, 3.63) is 255 Å². The SMILES string of the molecule is c1ccc(-c2cc(-c3ccc(-c4ccc(-c5ccccc5-c5ccccc5-c5ccc(-c6cc(-c7ccccc7)nc(-c7ccccc7)n6)cc5)cc4)cc3)nc(-c3ccccc3)n2)cc1. The molecule has 0 bridgehead atoms. The molecule has 0 N–H and O–H groups in total. The first kappa shape index (κ1) is 40.0. The van der Waals surface area contributed by atoms with E-state index in [1.807, 2.05) is 72.8 Å². The Bertz CT molecular complexity index is 3290. The minimum atomic E-state index is 0.707. The van der Waals surface area contributed by atoms with E-state index in [1.165, 1.54) is 22.3 Å². The molecule has 9 aromatic carbocycles. The summed E-state index contributed by atoms with van der Waals surface area (Å²) in [5, 5.41) is 0. The molecule has 0 radical (unpaired) electrons. The zero-order valence-electron chi connectivity index (χ0n) is 36.0. The molecule has 4 heteroatoms. The summed E-state index contributed by atoms with van der Waals surface area (Å²) in [5.41, 5.74) is 19.0. The fraction of sp³-hybridized carbons (Fsp3) is 0. The van der Waals surface area contributed by atoms with Gasteiger partial charge in [0.25, 0.3) is 0 Å². The van der Waals surface area contributed by atoms with Crippen LogP contribution in [0.4, 0.5) is 0 Å². The van der Waals surface area contributed by atoms with Gasteiger partial charge in [-0.2, -0.15) is 0 Å². The summed E-state index contributed by atoms with van der Waals surface area (Å²) >= 11 is 0. The van der Waals surface area contributed by atoms with E-state index in [4.69, 9.17) is 19.9 Å². The van der Waals surface area contributed by atoms with Crippen molar-refractivity contribution >= 4 is 0 Å². The molecule has 0 spiro atoms. The minimum Gasteiger partial charge on any atom is -0.228 e. The maximum Gasteiger partial charge on any atom is 0.160 e. The van der Waals surface area contributed by atoms with Crippen LogP contribution in [0.3, 0.4) is 0 Å². The fourth-order valence-electron chi connectivity index (χ4n) is 8.57. The standard InChI is InChI=1S/C62H42N4/c1-5-17-47(18-6-1)57-41-59(65-61(63-57)51-21-9-3-10-22-51)49-37-31-44(32-38-49)43-29-33-45(34-30-43)53-25-13-15-27-55(53)56-28-16-14-26-54(56)46-35-39-50(40-36-46)60-42-58(48-19-7-2-8-20-48)64-62(66-60)52-23-11-4-12-24-52/h1-42H. The number of aromatic nitrogens is 4. The van der Waals surface area contributed by atoms with E-state index in [-0.39, 0.29) is 0 Å². The van der Waals surface area contributed by atoms with E-state index >= 15 is 0 Å². The van der Waals surface area contributed by atoms with Gasteiger partial charge in [0.05, 0.1) is 22.8 Å². The van der Waals surface area contributed by atoms with E-state index in [1.54, 1.807) is 0 Å². The van der Waals surface area contributed by atoms with Gasteiger partial charge in [-0.15, -0.1) is 0 Å². The molecule has 11 rings (SSSR count). The lowest BCUT2D eigenvalue weighted by Gasteiger charge is -2.15. The van der Waals surface area contributed by atoms with Gasteiger partial charge < -0.3 is 0 Å². The summed E-state index contributed by atoms with van der Waals surface area (Å²) < 4.78 is 0. The van der Waals surface area contributed by atoms with Crippen LogP contribution in [-0.4, -0.2) is 19.9 Å². The smallest absolute Gasteiger partial charge is 0.160 e. The second kappa shape index (κ2) is 18.1. The Hall–Kier alpha value is -8.86. The molecular formula is C62H42N4. The highest BCUT2D eigenvalue weighted by atomic mass is 14.9. The van der Waals surface area contributed by atoms with Crippen molar-refractivity contribution in [1.82, 2.24) is 19.9 Å². The first-order valence-electron chi connectivity index (χ1n) is 22.2. The molecule has 66 heavy (non-hydrogen) atoms. The Kier molecular flexibility index (Phi) is 10.9. The zero-order valence-corrected chi connectivity index (χ0v) is 36.0. The van der Waals surface area contributed by atoms with Gasteiger partial charge in [0.15, 0.2) is 11.6 Å². The van der Waals surface area contributed by atoms with E-state index in [0.29, 0.717) is 11.6 Å². The minimum absolute atomic E-state index is 0.707. The summed E-state index contributed by atoms with van der Waals surface area (Å²) in [6.45, 7) is 0. The number of rotatable bonds is 10. The molecule has 0 aliphatic heterocycles. The number of nitrogens with zero attached hydrogens (tertiary/aromatic N) is 4. The van der Waals surface area contributed by atoms with Crippen LogP contribution < -0.4 is 0 Å². The van der Waals surface area contributed by atoms with Crippen LogP contribution in [0.15, 0.2) is 255 Å². The van der Waals surface area contributed by atoms with Gasteiger partial charge in [-0.1, -0.05) is 243 Å². The Morgan fingerprint density at radius 3 is 0.712 bits per heavy atom. The quantitative estimate of drug-likeness (QED) is 0.138. The van der Waals surface area contributed by atoms with Gasteiger partial charge >= 0.3 is 0 Å². The van der Waals surface area contributed by atoms with Gasteiger partial charge in [0.1, 0.15) is 0 Å². The van der Waals surface area contributed by atoms with E-state index in [2.05, 4.69) is 182 Å². The first-order valence-corrected chi connectivity index (χ1v) is 22.2. The maximum absolute atomic E-state index is 5.06. The molecule has 0 atom stereocenters. The Morgan fingerprint density at radius 1 is 0.167 bits per heavy atom. The highest BCUT2D eigenvalue weighted by molar-refractivity contribution is 5.92. The Balaban J connectivity index is 0.874.